The normalized spacial score (nSPS) is 11.0. The van der Waals surface area contributed by atoms with Crippen molar-refractivity contribution in [3.8, 4) is 11.6 Å². The van der Waals surface area contributed by atoms with Crippen molar-refractivity contribution in [2.45, 2.75) is 6.54 Å². The molecule has 23 heavy (non-hydrogen) atoms. The highest BCUT2D eigenvalue weighted by Crippen LogP contribution is 2.23. The summed E-state index contributed by atoms with van der Waals surface area (Å²) in [5.41, 5.74) is 2.52. The summed E-state index contributed by atoms with van der Waals surface area (Å²) in [6.07, 6.45) is 2.90. The van der Waals surface area contributed by atoms with Gasteiger partial charge in [0.2, 0.25) is 0 Å². The van der Waals surface area contributed by atoms with Gasteiger partial charge in [0, 0.05) is 6.54 Å². The Labute approximate surface area is 128 Å². The zero-order valence-corrected chi connectivity index (χ0v) is 11.7. The molecule has 0 aliphatic carbocycles. The molecule has 0 unspecified atom stereocenters. The van der Waals surface area contributed by atoms with Gasteiger partial charge >= 0.3 is 6.01 Å². The van der Waals surface area contributed by atoms with Crippen molar-refractivity contribution in [3.63, 3.8) is 0 Å². The number of nitrogens with zero attached hydrogens (tertiary/aromatic N) is 5. The van der Waals surface area contributed by atoms with Crippen LogP contribution in [0.5, 0.6) is 0 Å². The Morgan fingerprint density at radius 3 is 2.83 bits per heavy atom. The maximum Gasteiger partial charge on any atom is 0.316 e. The monoisotopic (exact) mass is 311 g/mol. The second-order valence-electron chi connectivity index (χ2n) is 4.72. The van der Waals surface area contributed by atoms with Crippen molar-refractivity contribution >= 4 is 17.2 Å². The molecule has 0 spiro atoms. The molecule has 0 aliphatic heterocycles. The number of H-pyrrole nitrogens is 1. The molecular formula is C14H10FN7O. The van der Waals surface area contributed by atoms with E-state index in [9.17, 15) is 4.39 Å². The van der Waals surface area contributed by atoms with Crippen LogP contribution < -0.4 is 5.32 Å². The number of rotatable bonds is 4. The van der Waals surface area contributed by atoms with E-state index in [4.69, 9.17) is 4.42 Å². The van der Waals surface area contributed by atoms with E-state index in [1.54, 1.807) is 12.1 Å². The Hall–Kier alpha value is -3.36. The molecule has 2 N–H and O–H groups in total. The smallest absolute Gasteiger partial charge is 0.316 e. The number of aromatic nitrogens is 6. The number of hydrogen-bond donors (Lipinski definition) is 2. The molecule has 4 aromatic rings. The molecule has 8 nitrogen and oxygen atoms in total. The fraction of sp³-hybridized carbons (Fsp3) is 0.0714. The maximum atomic E-state index is 12.9. The van der Waals surface area contributed by atoms with Crippen molar-refractivity contribution in [2.24, 2.45) is 0 Å². The first-order valence-corrected chi connectivity index (χ1v) is 6.76. The van der Waals surface area contributed by atoms with Crippen LogP contribution in [0.2, 0.25) is 0 Å². The predicted molar refractivity (Wildman–Crippen MR) is 78.7 cm³/mol. The summed E-state index contributed by atoms with van der Waals surface area (Å²) >= 11 is 0. The number of nitrogens with one attached hydrogen (secondary N) is 2. The third-order valence-electron chi connectivity index (χ3n) is 3.21. The van der Waals surface area contributed by atoms with Crippen LogP contribution in [0.4, 0.5) is 10.4 Å². The third kappa shape index (κ3) is 2.59. The fourth-order valence-corrected chi connectivity index (χ4v) is 2.10. The van der Waals surface area contributed by atoms with Gasteiger partial charge < -0.3 is 14.7 Å². The molecule has 0 atom stereocenters. The number of imidazole rings is 1. The van der Waals surface area contributed by atoms with Crippen molar-refractivity contribution in [1.82, 2.24) is 30.1 Å². The predicted octanol–water partition coefficient (Wildman–Crippen LogP) is 2.15. The summed E-state index contributed by atoms with van der Waals surface area (Å²) < 4.78 is 18.4. The summed E-state index contributed by atoms with van der Waals surface area (Å²) in [4.78, 5) is 15.2. The lowest BCUT2D eigenvalue weighted by Crippen LogP contribution is -1.99. The van der Waals surface area contributed by atoms with Gasteiger partial charge in [-0.2, -0.15) is 0 Å². The van der Waals surface area contributed by atoms with Gasteiger partial charge in [0.05, 0.1) is 6.33 Å². The first kappa shape index (κ1) is 13.3. The van der Waals surface area contributed by atoms with Crippen LogP contribution in [-0.2, 0) is 6.54 Å². The van der Waals surface area contributed by atoms with Gasteiger partial charge in [-0.3, -0.25) is 0 Å². The van der Waals surface area contributed by atoms with E-state index in [0.29, 0.717) is 23.4 Å². The minimum Gasteiger partial charge on any atom is -0.402 e. The Morgan fingerprint density at radius 2 is 1.96 bits per heavy atom. The highest BCUT2D eigenvalue weighted by atomic mass is 19.1. The number of hydrogen-bond acceptors (Lipinski definition) is 7. The highest BCUT2D eigenvalue weighted by Gasteiger charge is 2.15. The van der Waals surface area contributed by atoms with Crippen LogP contribution in [0.15, 0.2) is 41.3 Å². The van der Waals surface area contributed by atoms with Crippen LogP contribution in [0.3, 0.4) is 0 Å². The number of halogens is 1. The zero-order chi connectivity index (χ0) is 15.6. The third-order valence-corrected chi connectivity index (χ3v) is 3.21. The Morgan fingerprint density at radius 1 is 1.09 bits per heavy atom. The molecule has 3 aromatic heterocycles. The molecule has 0 saturated heterocycles. The van der Waals surface area contributed by atoms with Gasteiger partial charge in [-0.25, -0.2) is 19.3 Å². The highest BCUT2D eigenvalue weighted by molar-refractivity contribution is 5.83. The van der Waals surface area contributed by atoms with E-state index >= 15 is 0 Å². The standard InChI is InChI=1S/C14H10FN7O/c15-9-3-1-8(2-4-9)5-16-14-22-21-13(23-14)11-10-12(19-6-17-10)20-7-18-11/h1-4,6-7H,5H2,(H,16,22)(H,17,18,19,20). The molecule has 1 aromatic carbocycles. The van der Waals surface area contributed by atoms with E-state index < -0.39 is 0 Å². The van der Waals surface area contributed by atoms with Gasteiger partial charge in [0.15, 0.2) is 11.3 Å². The molecule has 0 saturated carbocycles. The Kier molecular flexibility index (Phi) is 3.15. The van der Waals surface area contributed by atoms with Crippen molar-refractivity contribution in [2.75, 3.05) is 5.32 Å². The summed E-state index contributed by atoms with van der Waals surface area (Å²) in [6, 6.07) is 6.39. The van der Waals surface area contributed by atoms with Gasteiger partial charge in [-0.15, -0.1) is 5.10 Å². The van der Waals surface area contributed by atoms with Crippen LogP contribution in [0.25, 0.3) is 22.7 Å². The molecular weight excluding hydrogens is 301 g/mol. The summed E-state index contributed by atoms with van der Waals surface area (Å²) in [6.45, 7) is 0.436. The number of aromatic amines is 1. The fourth-order valence-electron chi connectivity index (χ4n) is 2.10. The number of fused-ring (bicyclic) bond motifs is 1. The Balaban J connectivity index is 1.55. The lowest BCUT2D eigenvalue weighted by atomic mass is 10.2. The van der Waals surface area contributed by atoms with Crippen LogP contribution in [0, 0.1) is 5.82 Å². The lowest BCUT2D eigenvalue weighted by Gasteiger charge is -2.01. The quantitative estimate of drug-likeness (QED) is 0.595. The lowest BCUT2D eigenvalue weighted by molar-refractivity contribution is 0.579. The Bertz CT molecular complexity index is 947. The molecule has 0 radical (unpaired) electrons. The molecule has 114 valence electrons. The molecule has 0 amide bonds. The van der Waals surface area contributed by atoms with Gasteiger partial charge in [0.25, 0.3) is 5.89 Å². The summed E-state index contributed by atoms with van der Waals surface area (Å²) in [5.74, 6) is -0.0237. The zero-order valence-electron chi connectivity index (χ0n) is 11.7. The maximum absolute atomic E-state index is 12.9. The molecule has 9 heteroatoms. The van der Waals surface area contributed by atoms with Crippen LogP contribution in [-0.4, -0.2) is 30.1 Å². The molecule has 4 rings (SSSR count). The first-order valence-electron chi connectivity index (χ1n) is 6.76. The van der Waals surface area contributed by atoms with Crippen molar-refractivity contribution in [3.05, 3.63) is 48.3 Å². The first-order chi connectivity index (χ1) is 11.3. The average molecular weight is 311 g/mol. The second-order valence-corrected chi connectivity index (χ2v) is 4.72. The van der Waals surface area contributed by atoms with Crippen LogP contribution in [0.1, 0.15) is 5.56 Å². The van der Waals surface area contributed by atoms with E-state index in [1.165, 1.54) is 24.8 Å². The number of anilines is 1. The van der Waals surface area contributed by atoms with Gasteiger partial charge in [-0.1, -0.05) is 17.2 Å². The topological polar surface area (TPSA) is 105 Å². The van der Waals surface area contributed by atoms with E-state index in [-0.39, 0.29) is 17.7 Å². The van der Waals surface area contributed by atoms with Gasteiger partial charge in [0.1, 0.15) is 17.7 Å². The second kappa shape index (κ2) is 5.44. The van der Waals surface area contributed by atoms with Gasteiger partial charge in [-0.05, 0) is 17.7 Å². The molecule has 0 bridgehead atoms. The van der Waals surface area contributed by atoms with E-state index in [1.807, 2.05) is 0 Å². The summed E-state index contributed by atoms with van der Waals surface area (Å²) in [5, 5.41) is 10.9. The molecule has 0 aliphatic rings. The summed E-state index contributed by atoms with van der Waals surface area (Å²) in [7, 11) is 0. The minimum absolute atomic E-state index is 0.246. The van der Waals surface area contributed by atoms with E-state index in [2.05, 4.69) is 35.5 Å². The molecule has 0 fully saturated rings. The van der Waals surface area contributed by atoms with Crippen molar-refractivity contribution < 1.29 is 8.81 Å². The number of benzene rings is 1. The SMILES string of the molecule is Fc1ccc(CNc2nnc(-c3ncnc4nc[nH]c34)o2)cc1. The van der Waals surface area contributed by atoms with E-state index in [0.717, 1.165) is 5.56 Å². The van der Waals surface area contributed by atoms with Crippen molar-refractivity contribution in [1.29, 1.82) is 0 Å². The minimum atomic E-state index is -0.277. The molecule has 3 heterocycles. The van der Waals surface area contributed by atoms with Crippen LogP contribution >= 0.6 is 0 Å². The largest absolute Gasteiger partial charge is 0.402 e. The average Bonchev–Trinajstić information content (AvgIpc) is 3.23.